The summed E-state index contributed by atoms with van der Waals surface area (Å²) >= 11 is 0. The SMILES string of the molecule is CCC(C)C(O)CNC(=O)C1(Cc2ccccc2)CCC1. The molecular weight excluding hydrogens is 262 g/mol. The first-order valence-corrected chi connectivity index (χ1v) is 8.08. The highest BCUT2D eigenvalue weighted by Crippen LogP contribution is 2.44. The summed E-state index contributed by atoms with van der Waals surface area (Å²) in [4.78, 5) is 12.5. The lowest BCUT2D eigenvalue weighted by Gasteiger charge is -2.40. The number of amides is 1. The predicted molar refractivity (Wildman–Crippen MR) is 84.9 cm³/mol. The quantitative estimate of drug-likeness (QED) is 0.811. The van der Waals surface area contributed by atoms with Crippen LogP contribution in [-0.4, -0.2) is 23.7 Å². The molecule has 1 saturated carbocycles. The van der Waals surface area contributed by atoms with E-state index in [2.05, 4.69) is 24.4 Å². The van der Waals surface area contributed by atoms with Gasteiger partial charge in [0.1, 0.15) is 0 Å². The minimum absolute atomic E-state index is 0.111. The summed E-state index contributed by atoms with van der Waals surface area (Å²) in [6.45, 7) is 4.43. The van der Waals surface area contributed by atoms with Gasteiger partial charge in [-0.2, -0.15) is 0 Å². The van der Waals surface area contributed by atoms with Crippen molar-refractivity contribution < 1.29 is 9.90 Å². The van der Waals surface area contributed by atoms with Crippen LogP contribution in [0.4, 0.5) is 0 Å². The molecule has 0 saturated heterocycles. The Balaban J connectivity index is 1.92. The molecule has 1 fully saturated rings. The van der Waals surface area contributed by atoms with Gasteiger partial charge in [-0.1, -0.05) is 57.0 Å². The van der Waals surface area contributed by atoms with Gasteiger partial charge in [-0.3, -0.25) is 4.79 Å². The molecule has 1 aromatic rings. The Bertz CT molecular complexity index is 454. The van der Waals surface area contributed by atoms with Crippen molar-refractivity contribution in [3.05, 3.63) is 35.9 Å². The molecule has 2 rings (SSSR count). The number of hydrogen-bond acceptors (Lipinski definition) is 2. The van der Waals surface area contributed by atoms with Crippen LogP contribution in [0.2, 0.25) is 0 Å². The maximum Gasteiger partial charge on any atom is 0.226 e. The van der Waals surface area contributed by atoms with Gasteiger partial charge in [0, 0.05) is 6.54 Å². The lowest BCUT2D eigenvalue weighted by Crippen LogP contribution is -2.49. The molecule has 1 amide bonds. The summed E-state index contributed by atoms with van der Waals surface area (Å²) in [6, 6.07) is 10.2. The Labute approximate surface area is 127 Å². The van der Waals surface area contributed by atoms with Crippen LogP contribution in [0, 0.1) is 11.3 Å². The normalized spacial score (nSPS) is 19.4. The second-order valence-corrected chi connectivity index (χ2v) is 6.46. The number of carbonyl (C=O) groups excluding carboxylic acids is 1. The number of benzene rings is 1. The number of aliphatic hydroxyl groups excluding tert-OH is 1. The molecular formula is C18H27NO2. The first-order valence-electron chi connectivity index (χ1n) is 8.08. The van der Waals surface area contributed by atoms with Crippen molar-refractivity contribution in [2.75, 3.05) is 6.54 Å². The van der Waals surface area contributed by atoms with E-state index in [0.29, 0.717) is 6.54 Å². The van der Waals surface area contributed by atoms with Crippen LogP contribution in [0.3, 0.4) is 0 Å². The van der Waals surface area contributed by atoms with Crippen molar-refractivity contribution in [2.45, 2.75) is 52.1 Å². The fraction of sp³-hybridized carbons (Fsp3) is 0.611. The summed E-state index contributed by atoms with van der Waals surface area (Å²) in [5.74, 6) is 0.330. The fourth-order valence-corrected chi connectivity index (χ4v) is 2.93. The zero-order valence-electron chi connectivity index (χ0n) is 13.1. The van der Waals surface area contributed by atoms with E-state index < -0.39 is 6.10 Å². The van der Waals surface area contributed by atoms with Gasteiger partial charge < -0.3 is 10.4 Å². The van der Waals surface area contributed by atoms with Gasteiger partial charge in [0.2, 0.25) is 5.91 Å². The summed E-state index contributed by atoms with van der Waals surface area (Å²) in [7, 11) is 0. The minimum atomic E-state index is -0.451. The maximum atomic E-state index is 12.5. The smallest absolute Gasteiger partial charge is 0.226 e. The number of carbonyl (C=O) groups is 1. The van der Waals surface area contributed by atoms with E-state index in [1.807, 2.05) is 25.1 Å². The first kappa shape index (κ1) is 16.0. The highest BCUT2D eigenvalue weighted by atomic mass is 16.3. The number of rotatable bonds is 7. The van der Waals surface area contributed by atoms with Crippen LogP contribution in [-0.2, 0) is 11.2 Å². The zero-order valence-corrected chi connectivity index (χ0v) is 13.1. The van der Waals surface area contributed by atoms with E-state index in [9.17, 15) is 9.90 Å². The van der Waals surface area contributed by atoms with E-state index in [1.54, 1.807) is 0 Å². The zero-order chi connectivity index (χ0) is 15.3. The Morgan fingerprint density at radius 2 is 2.00 bits per heavy atom. The summed E-state index contributed by atoms with van der Waals surface area (Å²) < 4.78 is 0. The second kappa shape index (κ2) is 7.08. The van der Waals surface area contributed by atoms with Crippen LogP contribution in [0.5, 0.6) is 0 Å². The average Bonchev–Trinajstić information content (AvgIpc) is 2.48. The fourth-order valence-electron chi connectivity index (χ4n) is 2.93. The third-order valence-corrected chi connectivity index (χ3v) is 4.95. The molecule has 0 radical (unpaired) electrons. The Hall–Kier alpha value is -1.35. The van der Waals surface area contributed by atoms with Crippen LogP contribution < -0.4 is 5.32 Å². The van der Waals surface area contributed by atoms with Crippen LogP contribution in [0.1, 0.15) is 45.1 Å². The Morgan fingerprint density at radius 1 is 1.33 bits per heavy atom. The molecule has 0 aromatic heterocycles. The molecule has 2 N–H and O–H groups in total. The van der Waals surface area contributed by atoms with Crippen molar-refractivity contribution in [1.29, 1.82) is 0 Å². The highest BCUT2D eigenvalue weighted by Gasteiger charge is 2.43. The van der Waals surface area contributed by atoms with E-state index in [1.165, 1.54) is 5.56 Å². The summed E-state index contributed by atoms with van der Waals surface area (Å²) in [5.41, 5.74) is 0.964. The first-order chi connectivity index (χ1) is 10.1. The maximum absolute atomic E-state index is 12.5. The minimum Gasteiger partial charge on any atom is -0.391 e. The molecule has 2 unspecified atom stereocenters. The molecule has 2 atom stereocenters. The van der Waals surface area contributed by atoms with Crippen molar-refractivity contribution in [3.63, 3.8) is 0 Å². The number of nitrogens with one attached hydrogen (secondary N) is 1. The van der Waals surface area contributed by atoms with E-state index in [4.69, 9.17) is 0 Å². The van der Waals surface area contributed by atoms with Crippen LogP contribution in [0.25, 0.3) is 0 Å². The molecule has 1 aliphatic carbocycles. The molecule has 0 spiro atoms. The highest BCUT2D eigenvalue weighted by molar-refractivity contribution is 5.83. The Kier molecular flexibility index (Phi) is 5.40. The Morgan fingerprint density at radius 3 is 2.52 bits per heavy atom. The monoisotopic (exact) mass is 289 g/mol. The average molecular weight is 289 g/mol. The summed E-state index contributed by atoms with van der Waals surface area (Å²) in [6.07, 6.45) is 4.30. The molecule has 1 aliphatic rings. The third kappa shape index (κ3) is 3.85. The lowest BCUT2D eigenvalue weighted by atomic mass is 9.64. The lowest BCUT2D eigenvalue weighted by molar-refractivity contribution is -0.136. The molecule has 116 valence electrons. The summed E-state index contributed by atoms with van der Waals surface area (Å²) in [5, 5.41) is 13.0. The van der Waals surface area contributed by atoms with Crippen molar-refractivity contribution in [3.8, 4) is 0 Å². The third-order valence-electron chi connectivity index (χ3n) is 4.95. The molecule has 0 heterocycles. The number of aliphatic hydroxyl groups is 1. The molecule has 21 heavy (non-hydrogen) atoms. The van der Waals surface area contributed by atoms with Gasteiger partial charge in [-0.15, -0.1) is 0 Å². The largest absolute Gasteiger partial charge is 0.391 e. The van der Waals surface area contributed by atoms with Gasteiger partial charge in [0.15, 0.2) is 0 Å². The van der Waals surface area contributed by atoms with Gasteiger partial charge in [-0.05, 0) is 30.7 Å². The van der Waals surface area contributed by atoms with Gasteiger partial charge in [0.25, 0.3) is 0 Å². The molecule has 3 nitrogen and oxygen atoms in total. The van der Waals surface area contributed by atoms with E-state index in [0.717, 1.165) is 32.1 Å². The van der Waals surface area contributed by atoms with Crippen molar-refractivity contribution >= 4 is 5.91 Å². The topological polar surface area (TPSA) is 49.3 Å². The van der Waals surface area contributed by atoms with Gasteiger partial charge in [0.05, 0.1) is 11.5 Å². The molecule has 0 aliphatic heterocycles. The van der Waals surface area contributed by atoms with Gasteiger partial charge >= 0.3 is 0 Å². The van der Waals surface area contributed by atoms with Crippen LogP contribution >= 0.6 is 0 Å². The second-order valence-electron chi connectivity index (χ2n) is 6.46. The molecule has 0 bridgehead atoms. The molecule has 3 heteroatoms. The van der Waals surface area contributed by atoms with Gasteiger partial charge in [-0.25, -0.2) is 0 Å². The van der Waals surface area contributed by atoms with E-state index in [-0.39, 0.29) is 17.2 Å². The number of hydrogen-bond donors (Lipinski definition) is 2. The van der Waals surface area contributed by atoms with Crippen LogP contribution in [0.15, 0.2) is 30.3 Å². The predicted octanol–water partition coefficient (Wildman–Crippen LogP) is 2.92. The van der Waals surface area contributed by atoms with Crippen molar-refractivity contribution in [2.24, 2.45) is 11.3 Å². The standard InChI is InChI=1S/C18H27NO2/c1-3-14(2)16(20)13-19-17(21)18(10-7-11-18)12-15-8-5-4-6-9-15/h4-6,8-9,14,16,20H,3,7,10-13H2,1-2H3,(H,19,21). The molecule has 1 aromatic carbocycles. The van der Waals surface area contributed by atoms with Crippen molar-refractivity contribution in [1.82, 2.24) is 5.32 Å². The van der Waals surface area contributed by atoms with E-state index >= 15 is 0 Å².